The smallest absolute Gasteiger partial charge is 0.261 e. The number of hydrogen-bond donors (Lipinski definition) is 1. The van der Waals surface area contributed by atoms with Crippen LogP contribution < -0.4 is 9.44 Å². The van der Waals surface area contributed by atoms with Gasteiger partial charge < -0.3 is 0 Å². The van der Waals surface area contributed by atoms with Crippen molar-refractivity contribution in [3.8, 4) is 0 Å². The molecule has 2 N–H and O–H groups in total. The van der Waals surface area contributed by atoms with Crippen molar-refractivity contribution in [1.29, 1.82) is 0 Å². The zero-order chi connectivity index (χ0) is 15.0. The van der Waals surface area contributed by atoms with E-state index in [1.165, 1.54) is 35.6 Å². The van der Waals surface area contributed by atoms with Crippen molar-refractivity contribution in [2.45, 2.75) is 17.7 Å². The molecule has 0 spiro atoms. The Bertz CT molecular complexity index is 677. The van der Waals surface area contributed by atoms with Crippen LogP contribution in [-0.2, 0) is 20.2 Å². The SMILES string of the molecule is CN(c1ccc(S(N)(=O)=O)cc1)S(=O)(=O)N1CCCC1. The van der Waals surface area contributed by atoms with Crippen LogP contribution in [-0.4, -0.2) is 41.3 Å². The van der Waals surface area contributed by atoms with Gasteiger partial charge >= 0.3 is 10.2 Å². The van der Waals surface area contributed by atoms with E-state index in [0.29, 0.717) is 18.8 Å². The molecule has 7 nitrogen and oxygen atoms in total. The van der Waals surface area contributed by atoms with Crippen LogP contribution in [0, 0.1) is 0 Å². The normalized spacial score (nSPS) is 17.3. The Morgan fingerprint density at radius 2 is 1.55 bits per heavy atom. The molecule has 1 fully saturated rings. The largest absolute Gasteiger partial charge is 0.303 e. The summed E-state index contributed by atoms with van der Waals surface area (Å²) in [7, 11) is -5.88. The van der Waals surface area contributed by atoms with Gasteiger partial charge in [0.15, 0.2) is 0 Å². The summed E-state index contributed by atoms with van der Waals surface area (Å²) >= 11 is 0. The second kappa shape index (κ2) is 5.32. The molecule has 2 rings (SSSR count). The molecule has 0 unspecified atom stereocenters. The van der Waals surface area contributed by atoms with Crippen molar-refractivity contribution in [1.82, 2.24) is 4.31 Å². The van der Waals surface area contributed by atoms with Gasteiger partial charge in [-0.3, -0.25) is 4.31 Å². The average molecular weight is 319 g/mol. The van der Waals surface area contributed by atoms with E-state index in [2.05, 4.69) is 0 Å². The minimum Gasteiger partial charge on any atom is -0.261 e. The number of anilines is 1. The molecule has 0 aliphatic carbocycles. The Hall–Kier alpha value is -1.16. The zero-order valence-electron chi connectivity index (χ0n) is 11.1. The predicted molar refractivity (Wildman–Crippen MR) is 75.9 cm³/mol. The standard InChI is InChI=1S/C11H17N3O4S2/c1-13(20(17,18)14-8-2-3-9-14)10-4-6-11(7-5-10)19(12,15)16/h4-7H,2-3,8-9H2,1H3,(H2,12,15,16). The van der Waals surface area contributed by atoms with Crippen LogP contribution in [0.4, 0.5) is 5.69 Å². The van der Waals surface area contributed by atoms with Crippen molar-refractivity contribution < 1.29 is 16.8 Å². The summed E-state index contributed by atoms with van der Waals surface area (Å²) in [5.41, 5.74) is 0.393. The van der Waals surface area contributed by atoms with Gasteiger partial charge in [0, 0.05) is 20.1 Å². The maximum atomic E-state index is 12.3. The highest BCUT2D eigenvalue weighted by Crippen LogP contribution is 2.22. The third-order valence-corrected chi connectivity index (χ3v) is 6.12. The third-order valence-electron chi connectivity index (χ3n) is 3.27. The van der Waals surface area contributed by atoms with Gasteiger partial charge in [0.05, 0.1) is 10.6 Å². The Morgan fingerprint density at radius 3 is 2.00 bits per heavy atom. The number of hydrogen-bond acceptors (Lipinski definition) is 4. The molecule has 9 heteroatoms. The molecule has 1 heterocycles. The Kier molecular flexibility index (Phi) is 4.05. The molecule has 1 saturated heterocycles. The number of nitrogens with zero attached hydrogens (tertiary/aromatic N) is 2. The van der Waals surface area contributed by atoms with E-state index < -0.39 is 20.2 Å². The first kappa shape index (κ1) is 15.2. The van der Waals surface area contributed by atoms with Gasteiger partial charge in [0.1, 0.15) is 0 Å². The topological polar surface area (TPSA) is 101 Å². The fourth-order valence-corrected chi connectivity index (χ4v) is 4.04. The van der Waals surface area contributed by atoms with Gasteiger partial charge in [-0.1, -0.05) is 0 Å². The van der Waals surface area contributed by atoms with Crippen LogP contribution in [0.2, 0.25) is 0 Å². The van der Waals surface area contributed by atoms with Crippen LogP contribution in [0.15, 0.2) is 29.2 Å². The lowest BCUT2D eigenvalue weighted by molar-refractivity contribution is 0.476. The summed E-state index contributed by atoms with van der Waals surface area (Å²) in [6, 6.07) is 5.43. The molecule has 0 aromatic heterocycles. The molecule has 112 valence electrons. The molecule has 0 amide bonds. The summed E-state index contributed by atoms with van der Waals surface area (Å²) in [5, 5.41) is 5.00. The monoisotopic (exact) mass is 319 g/mol. The van der Waals surface area contributed by atoms with Gasteiger partial charge in [0.2, 0.25) is 10.0 Å². The fourth-order valence-electron chi connectivity index (χ4n) is 2.07. The summed E-state index contributed by atoms with van der Waals surface area (Å²) in [4.78, 5) is -0.0479. The van der Waals surface area contributed by atoms with Crippen molar-refractivity contribution in [2.75, 3.05) is 24.4 Å². The Balaban J connectivity index is 2.27. The first-order chi connectivity index (χ1) is 9.23. The Labute approximate surface area is 119 Å². The van der Waals surface area contributed by atoms with Crippen molar-refractivity contribution >= 4 is 25.9 Å². The summed E-state index contributed by atoms with van der Waals surface area (Å²) in [6.45, 7) is 1.03. The summed E-state index contributed by atoms with van der Waals surface area (Å²) in [5.74, 6) is 0. The highest BCUT2D eigenvalue weighted by molar-refractivity contribution is 7.90. The molecular weight excluding hydrogens is 302 g/mol. The molecule has 1 aliphatic heterocycles. The molecular formula is C11H17N3O4S2. The molecule has 1 aromatic carbocycles. The second-order valence-electron chi connectivity index (χ2n) is 4.62. The van der Waals surface area contributed by atoms with Gasteiger partial charge in [0.25, 0.3) is 0 Å². The van der Waals surface area contributed by atoms with Crippen LogP contribution >= 0.6 is 0 Å². The quantitative estimate of drug-likeness (QED) is 0.851. The first-order valence-electron chi connectivity index (χ1n) is 6.10. The molecule has 0 saturated carbocycles. The number of sulfonamides is 1. The molecule has 0 radical (unpaired) electrons. The zero-order valence-corrected chi connectivity index (χ0v) is 12.7. The molecule has 1 aliphatic rings. The predicted octanol–water partition coefficient (Wildman–Crippen LogP) is 0.111. The highest BCUT2D eigenvalue weighted by Gasteiger charge is 2.29. The second-order valence-corrected chi connectivity index (χ2v) is 8.14. The molecule has 0 bridgehead atoms. The summed E-state index contributed by atoms with van der Waals surface area (Å²) < 4.78 is 49.5. The number of benzene rings is 1. The molecule has 1 aromatic rings. The van der Waals surface area contributed by atoms with E-state index in [1.807, 2.05) is 0 Å². The van der Waals surface area contributed by atoms with Gasteiger partial charge in [-0.25, -0.2) is 13.6 Å². The van der Waals surface area contributed by atoms with E-state index in [9.17, 15) is 16.8 Å². The van der Waals surface area contributed by atoms with E-state index in [1.54, 1.807) is 0 Å². The number of primary sulfonamides is 1. The minimum atomic E-state index is -3.77. The average Bonchev–Trinajstić information content (AvgIpc) is 2.91. The lowest BCUT2D eigenvalue weighted by Gasteiger charge is -2.25. The lowest BCUT2D eigenvalue weighted by Crippen LogP contribution is -2.40. The Morgan fingerprint density at radius 1 is 1.05 bits per heavy atom. The van der Waals surface area contributed by atoms with Crippen molar-refractivity contribution in [3.63, 3.8) is 0 Å². The highest BCUT2D eigenvalue weighted by atomic mass is 32.2. The van der Waals surface area contributed by atoms with Gasteiger partial charge in [-0.2, -0.15) is 12.7 Å². The van der Waals surface area contributed by atoms with Crippen LogP contribution in [0.1, 0.15) is 12.8 Å². The van der Waals surface area contributed by atoms with E-state index >= 15 is 0 Å². The number of nitrogens with two attached hydrogens (primary N) is 1. The maximum absolute atomic E-state index is 12.3. The van der Waals surface area contributed by atoms with E-state index in [0.717, 1.165) is 17.1 Å². The van der Waals surface area contributed by atoms with Crippen molar-refractivity contribution in [2.24, 2.45) is 5.14 Å². The van der Waals surface area contributed by atoms with Crippen LogP contribution in [0.25, 0.3) is 0 Å². The minimum absolute atomic E-state index is 0.0479. The molecule has 20 heavy (non-hydrogen) atoms. The van der Waals surface area contributed by atoms with Crippen LogP contribution in [0.5, 0.6) is 0 Å². The fraction of sp³-hybridized carbons (Fsp3) is 0.455. The summed E-state index contributed by atoms with van der Waals surface area (Å²) in [6.07, 6.45) is 1.72. The maximum Gasteiger partial charge on any atom is 0.303 e. The van der Waals surface area contributed by atoms with E-state index in [4.69, 9.17) is 5.14 Å². The van der Waals surface area contributed by atoms with Gasteiger partial charge in [-0.15, -0.1) is 0 Å². The van der Waals surface area contributed by atoms with Crippen molar-refractivity contribution in [3.05, 3.63) is 24.3 Å². The number of rotatable bonds is 4. The van der Waals surface area contributed by atoms with Gasteiger partial charge in [-0.05, 0) is 37.1 Å². The third kappa shape index (κ3) is 2.95. The van der Waals surface area contributed by atoms with Crippen LogP contribution in [0.3, 0.4) is 0 Å². The lowest BCUT2D eigenvalue weighted by atomic mass is 10.3. The first-order valence-corrected chi connectivity index (χ1v) is 9.04. The molecule has 0 atom stereocenters. The van der Waals surface area contributed by atoms with E-state index in [-0.39, 0.29) is 4.90 Å².